The van der Waals surface area contributed by atoms with E-state index in [2.05, 4.69) is 26.5 Å². The van der Waals surface area contributed by atoms with E-state index in [9.17, 15) is 14.7 Å². The molecule has 3 rings (SSSR count). The van der Waals surface area contributed by atoms with Gasteiger partial charge in [-0.1, -0.05) is 42.5 Å². The Morgan fingerprint density at radius 1 is 0.966 bits per heavy atom. The average Bonchev–Trinajstić information content (AvgIpc) is 2.75. The first-order chi connectivity index (χ1) is 14.0. The fourth-order valence-electron chi connectivity index (χ4n) is 2.43. The van der Waals surface area contributed by atoms with Gasteiger partial charge in [-0.3, -0.25) is 4.79 Å². The van der Waals surface area contributed by atoms with Crippen LogP contribution < -0.4 is 10.2 Å². The number of ether oxygens (including phenoxy) is 1. The largest absolute Gasteiger partial charge is 0.423 e. The van der Waals surface area contributed by atoms with Crippen molar-refractivity contribution in [1.29, 1.82) is 0 Å². The molecule has 0 heterocycles. The summed E-state index contributed by atoms with van der Waals surface area (Å²) in [4.78, 5) is 24.1. The van der Waals surface area contributed by atoms with Crippen molar-refractivity contribution < 1.29 is 19.4 Å². The lowest BCUT2D eigenvalue weighted by Crippen LogP contribution is -2.25. The zero-order chi connectivity index (χ0) is 20.6. The van der Waals surface area contributed by atoms with Gasteiger partial charge in [-0.05, 0) is 63.5 Å². The van der Waals surface area contributed by atoms with Crippen molar-refractivity contribution in [2.45, 2.75) is 6.10 Å². The minimum absolute atomic E-state index is 0.381. The van der Waals surface area contributed by atoms with Gasteiger partial charge in [-0.2, -0.15) is 5.10 Å². The molecule has 0 spiro atoms. The summed E-state index contributed by atoms with van der Waals surface area (Å²) >= 11 is 3.32. The predicted molar refractivity (Wildman–Crippen MR) is 113 cm³/mol. The summed E-state index contributed by atoms with van der Waals surface area (Å²) in [5.74, 6) is -0.723. The molecule has 0 aromatic heterocycles. The molecule has 0 aliphatic carbocycles. The Morgan fingerprint density at radius 2 is 1.62 bits per heavy atom. The van der Waals surface area contributed by atoms with Gasteiger partial charge in [0.1, 0.15) is 5.75 Å². The normalized spacial score (nSPS) is 11.8. The van der Waals surface area contributed by atoms with Crippen LogP contribution in [0.2, 0.25) is 0 Å². The van der Waals surface area contributed by atoms with Crippen molar-refractivity contribution in [3.63, 3.8) is 0 Å². The van der Waals surface area contributed by atoms with Crippen LogP contribution >= 0.6 is 15.9 Å². The fourth-order valence-corrected chi connectivity index (χ4v) is 2.88. The van der Waals surface area contributed by atoms with Crippen molar-refractivity contribution in [2.75, 3.05) is 0 Å². The standard InChI is InChI=1S/C22H17BrN2O4/c23-19-9-5-4-8-18(19)22(28)29-17-12-10-15(11-13-17)14-24-25-21(27)20(26)16-6-2-1-3-7-16/h1-14,20,26H,(H,25,27)/b24-14-/t20-/m0/s1. The average molecular weight is 453 g/mol. The van der Waals surface area contributed by atoms with Crippen LogP contribution in [0.3, 0.4) is 0 Å². The summed E-state index contributed by atoms with van der Waals surface area (Å²) in [7, 11) is 0. The maximum atomic E-state index is 12.2. The number of nitrogens with one attached hydrogen (secondary N) is 1. The molecule has 0 saturated heterocycles. The highest BCUT2D eigenvalue weighted by molar-refractivity contribution is 9.10. The second-order valence-corrected chi connectivity index (χ2v) is 6.84. The van der Waals surface area contributed by atoms with Gasteiger partial charge >= 0.3 is 5.97 Å². The van der Waals surface area contributed by atoms with Gasteiger partial charge in [0.25, 0.3) is 5.91 Å². The van der Waals surface area contributed by atoms with Crippen molar-refractivity contribution in [3.8, 4) is 5.75 Å². The van der Waals surface area contributed by atoms with E-state index in [1.54, 1.807) is 72.8 Å². The Balaban J connectivity index is 1.55. The lowest BCUT2D eigenvalue weighted by Gasteiger charge is -2.08. The number of rotatable bonds is 6. The quantitative estimate of drug-likeness (QED) is 0.257. The molecular formula is C22H17BrN2O4. The number of hydrogen-bond donors (Lipinski definition) is 2. The monoisotopic (exact) mass is 452 g/mol. The summed E-state index contributed by atoms with van der Waals surface area (Å²) in [6, 6.07) is 22.2. The van der Waals surface area contributed by atoms with E-state index in [1.165, 1.54) is 6.21 Å². The third-order valence-corrected chi connectivity index (χ3v) is 4.63. The number of esters is 1. The van der Waals surface area contributed by atoms with Crippen molar-refractivity contribution in [2.24, 2.45) is 5.10 Å². The van der Waals surface area contributed by atoms with Gasteiger partial charge in [0, 0.05) is 4.47 Å². The van der Waals surface area contributed by atoms with Crippen molar-refractivity contribution in [3.05, 3.63) is 100 Å². The molecule has 0 unspecified atom stereocenters. The van der Waals surface area contributed by atoms with E-state index in [1.807, 2.05) is 6.07 Å². The molecule has 3 aromatic rings. The Hall–Kier alpha value is -3.29. The Morgan fingerprint density at radius 3 is 2.31 bits per heavy atom. The Labute approximate surface area is 176 Å². The fraction of sp³-hybridized carbons (Fsp3) is 0.0455. The van der Waals surface area contributed by atoms with Gasteiger partial charge in [0.05, 0.1) is 11.8 Å². The molecule has 0 saturated carbocycles. The number of nitrogens with zero attached hydrogens (tertiary/aromatic N) is 1. The molecule has 2 N–H and O–H groups in total. The molecule has 0 fully saturated rings. The lowest BCUT2D eigenvalue weighted by molar-refractivity contribution is -0.129. The predicted octanol–water partition coefficient (Wildman–Crippen LogP) is 3.85. The van der Waals surface area contributed by atoms with E-state index < -0.39 is 18.0 Å². The molecule has 1 atom stereocenters. The zero-order valence-electron chi connectivity index (χ0n) is 15.2. The van der Waals surface area contributed by atoms with Crippen LogP contribution in [0.25, 0.3) is 0 Å². The number of hydrazone groups is 1. The summed E-state index contributed by atoms with van der Waals surface area (Å²) < 4.78 is 6.00. The molecule has 0 bridgehead atoms. The van der Waals surface area contributed by atoms with Gasteiger partial charge in [-0.15, -0.1) is 0 Å². The highest BCUT2D eigenvalue weighted by Crippen LogP contribution is 2.19. The first-order valence-corrected chi connectivity index (χ1v) is 9.46. The van der Waals surface area contributed by atoms with Crippen LogP contribution in [0.4, 0.5) is 0 Å². The molecule has 3 aromatic carbocycles. The zero-order valence-corrected chi connectivity index (χ0v) is 16.7. The molecule has 0 radical (unpaired) electrons. The van der Waals surface area contributed by atoms with Crippen molar-refractivity contribution >= 4 is 34.0 Å². The number of carbonyl (C=O) groups is 2. The van der Waals surface area contributed by atoms with E-state index >= 15 is 0 Å². The number of aliphatic hydroxyl groups excluding tert-OH is 1. The topological polar surface area (TPSA) is 88.0 Å². The minimum Gasteiger partial charge on any atom is -0.423 e. The molecular weight excluding hydrogens is 436 g/mol. The number of hydrogen-bond acceptors (Lipinski definition) is 5. The van der Waals surface area contributed by atoms with Crippen LogP contribution in [-0.4, -0.2) is 23.2 Å². The third-order valence-electron chi connectivity index (χ3n) is 3.94. The maximum absolute atomic E-state index is 12.2. The third kappa shape index (κ3) is 5.60. The Kier molecular flexibility index (Phi) is 6.89. The molecule has 6 nitrogen and oxygen atoms in total. The second kappa shape index (κ2) is 9.77. The maximum Gasteiger partial charge on any atom is 0.344 e. The first-order valence-electron chi connectivity index (χ1n) is 8.67. The summed E-state index contributed by atoms with van der Waals surface area (Å²) in [6.45, 7) is 0. The number of carbonyl (C=O) groups excluding carboxylic acids is 2. The number of amides is 1. The van der Waals surface area contributed by atoms with Crippen LogP contribution in [0, 0.1) is 0 Å². The minimum atomic E-state index is -1.30. The molecule has 0 aliphatic rings. The van der Waals surface area contributed by atoms with Gasteiger partial charge in [-0.25, -0.2) is 10.2 Å². The summed E-state index contributed by atoms with van der Waals surface area (Å²) in [5.41, 5.74) is 3.89. The smallest absolute Gasteiger partial charge is 0.344 e. The molecule has 1 amide bonds. The van der Waals surface area contributed by atoms with Crippen molar-refractivity contribution in [1.82, 2.24) is 5.43 Å². The first kappa shape index (κ1) is 20.4. The number of benzene rings is 3. The number of aliphatic hydroxyl groups is 1. The highest BCUT2D eigenvalue weighted by Gasteiger charge is 2.16. The molecule has 146 valence electrons. The van der Waals surface area contributed by atoms with Gasteiger partial charge < -0.3 is 9.84 Å². The highest BCUT2D eigenvalue weighted by atomic mass is 79.9. The van der Waals surface area contributed by atoms with E-state index in [0.29, 0.717) is 26.9 Å². The molecule has 29 heavy (non-hydrogen) atoms. The van der Waals surface area contributed by atoms with Gasteiger partial charge in [0.15, 0.2) is 6.10 Å². The van der Waals surface area contributed by atoms with Crippen LogP contribution in [0.5, 0.6) is 5.75 Å². The van der Waals surface area contributed by atoms with Crippen LogP contribution in [0.1, 0.15) is 27.6 Å². The van der Waals surface area contributed by atoms with Crippen LogP contribution in [0.15, 0.2) is 88.4 Å². The van der Waals surface area contributed by atoms with Gasteiger partial charge in [0.2, 0.25) is 0 Å². The SMILES string of the molecule is O=C(Oc1ccc(/C=N\NC(=O)[C@@H](O)c2ccccc2)cc1)c1ccccc1Br. The van der Waals surface area contributed by atoms with Crippen LogP contribution in [-0.2, 0) is 4.79 Å². The lowest BCUT2D eigenvalue weighted by atomic mass is 10.1. The summed E-state index contributed by atoms with van der Waals surface area (Å²) in [6.07, 6.45) is 0.127. The van der Waals surface area contributed by atoms with E-state index in [-0.39, 0.29) is 0 Å². The number of halogens is 1. The second-order valence-electron chi connectivity index (χ2n) is 5.99. The summed E-state index contributed by atoms with van der Waals surface area (Å²) in [5, 5.41) is 13.8. The molecule has 7 heteroatoms. The van der Waals surface area contributed by atoms with E-state index in [0.717, 1.165) is 0 Å². The van der Waals surface area contributed by atoms with E-state index in [4.69, 9.17) is 4.74 Å². The molecule has 0 aliphatic heterocycles. The Bertz CT molecular complexity index is 1020.